The smallest absolute Gasteiger partial charge is 0.0984 e. The van der Waals surface area contributed by atoms with Gasteiger partial charge < -0.3 is 16.2 Å². The maximum absolute atomic E-state index is 10.7. The molecule has 2 rings (SSSR count). The van der Waals surface area contributed by atoms with Gasteiger partial charge in [-0.15, -0.1) is 0 Å². The molecule has 0 bridgehead atoms. The highest BCUT2D eigenvalue weighted by Gasteiger charge is 2.21. The summed E-state index contributed by atoms with van der Waals surface area (Å²) in [7, 11) is 0. The molecule has 0 amide bonds. The van der Waals surface area contributed by atoms with E-state index in [9.17, 15) is 5.11 Å². The second-order valence-electron chi connectivity index (χ2n) is 5.19. The van der Waals surface area contributed by atoms with Crippen LogP contribution in [-0.4, -0.2) is 18.2 Å². The minimum absolute atomic E-state index is 0.105. The number of hydrogen-bond donors (Lipinski definition) is 3. The molecule has 0 radical (unpaired) electrons. The molecule has 3 nitrogen and oxygen atoms in total. The van der Waals surface area contributed by atoms with Crippen molar-refractivity contribution in [2.24, 2.45) is 5.73 Å². The Balaban J connectivity index is 2.11. The summed E-state index contributed by atoms with van der Waals surface area (Å²) < 4.78 is 0. The van der Waals surface area contributed by atoms with Crippen molar-refractivity contribution in [1.82, 2.24) is 5.32 Å². The Labute approximate surface area is 126 Å². The molecular weight excluding hydrogens is 260 g/mol. The summed E-state index contributed by atoms with van der Waals surface area (Å²) in [5.41, 5.74) is 7.56. The van der Waals surface area contributed by atoms with Crippen LogP contribution in [0.25, 0.3) is 0 Å². The van der Waals surface area contributed by atoms with Gasteiger partial charge in [0.15, 0.2) is 0 Å². The van der Waals surface area contributed by atoms with Crippen LogP contribution in [0.3, 0.4) is 0 Å². The van der Waals surface area contributed by atoms with Crippen LogP contribution in [0.15, 0.2) is 60.7 Å². The summed E-state index contributed by atoms with van der Waals surface area (Å²) in [4.78, 5) is 0. The predicted molar refractivity (Wildman–Crippen MR) is 86.9 cm³/mol. The van der Waals surface area contributed by atoms with Crippen molar-refractivity contribution < 1.29 is 5.11 Å². The van der Waals surface area contributed by atoms with E-state index in [1.54, 1.807) is 0 Å². The fraction of sp³-hybridized carbons (Fsp3) is 0.333. The first-order chi connectivity index (χ1) is 10.3. The molecule has 4 N–H and O–H groups in total. The van der Waals surface area contributed by atoms with Gasteiger partial charge in [0.25, 0.3) is 0 Å². The van der Waals surface area contributed by atoms with Gasteiger partial charge in [0.05, 0.1) is 12.1 Å². The second kappa shape index (κ2) is 8.57. The lowest BCUT2D eigenvalue weighted by Crippen LogP contribution is -2.28. The lowest BCUT2D eigenvalue weighted by atomic mass is 9.95. The first-order valence-electron chi connectivity index (χ1n) is 7.54. The third kappa shape index (κ3) is 4.67. The molecule has 0 saturated carbocycles. The number of unbranched alkanes of at least 4 members (excludes halogenated alkanes) is 1. The molecule has 0 aliphatic heterocycles. The zero-order valence-corrected chi connectivity index (χ0v) is 12.3. The molecule has 2 aromatic carbocycles. The Kier molecular flexibility index (Phi) is 6.41. The minimum Gasteiger partial charge on any atom is -0.386 e. The normalized spacial score (nSPS) is 13.8. The summed E-state index contributed by atoms with van der Waals surface area (Å²) in [6.45, 7) is 1.56. The molecule has 0 aliphatic carbocycles. The van der Waals surface area contributed by atoms with Crippen molar-refractivity contribution in [3.8, 4) is 0 Å². The molecule has 0 heterocycles. The van der Waals surface area contributed by atoms with Crippen LogP contribution in [0, 0.1) is 0 Å². The second-order valence-corrected chi connectivity index (χ2v) is 5.19. The number of nitrogens with one attached hydrogen (secondary N) is 1. The van der Waals surface area contributed by atoms with Gasteiger partial charge in [0.2, 0.25) is 0 Å². The van der Waals surface area contributed by atoms with E-state index in [2.05, 4.69) is 5.32 Å². The molecule has 0 spiro atoms. The fourth-order valence-electron chi connectivity index (χ4n) is 2.44. The molecule has 0 aromatic heterocycles. The average Bonchev–Trinajstić information content (AvgIpc) is 2.56. The molecule has 0 aliphatic rings. The van der Waals surface area contributed by atoms with Crippen LogP contribution in [0.2, 0.25) is 0 Å². The highest BCUT2D eigenvalue weighted by Crippen LogP contribution is 2.28. The molecular formula is C18H24N2O. The van der Waals surface area contributed by atoms with Crippen molar-refractivity contribution in [3.63, 3.8) is 0 Å². The minimum atomic E-state index is -0.563. The Morgan fingerprint density at radius 3 is 2.00 bits per heavy atom. The summed E-state index contributed by atoms with van der Waals surface area (Å²) in [5.74, 6) is 0. The summed E-state index contributed by atoms with van der Waals surface area (Å²) in [5, 5.41) is 14.2. The van der Waals surface area contributed by atoms with Crippen LogP contribution in [0.4, 0.5) is 0 Å². The van der Waals surface area contributed by atoms with Gasteiger partial charge >= 0.3 is 0 Å². The summed E-state index contributed by atoms with van der Waals surface area (Å²) in [6.07, 6.45) is 1.45. The van der Waals surface area contributed by atoms with Gasteiger partial charge in [-0.05, 0) is 37.1 Å². The fourth-order valence-corrected chi connectivity index (χ4v) is 2.44. The maximum atomic E-state index is 10.7. The number of aliphatic hydroxyl groups is 1. The van der Waals surface area contributed by atoms with E-state index in [1.807, 2.05) is 60.7 Å². The number of rotatable bonds is 8. The van der Waals surface area contributed by atoms with Gasteiger partial charge in [0, 0.05) is 0 Å². The van der Waals surface area contributed by atoms with Gasteiger partial charge in [-0.25, -0.2) is 0 Å². The van der Waals surface area contributed by atoms with Crippen LogP contribution >= 0.6 is 0 Å². The van der Waals surface area contributed by atoms with Crippen molar-refractivity contribution in [2.75, 3.05) is 13.1 Å². The number of nitrogens with two attached hydrogens (primary N) is 1. The van der Waals surface area contributed by atoms with Gasteiger partial charge in [-0.3, -0.25) is 0 Å². The first kappa shape index (κ1) is 15.7. The lowest BCUT2D eigenvalue weighted by molar-refractivity contribution is 0.128. The number of hydrogen-bond acceptors (Lipinski definition) is 3. The molecule has 3 heteroatoms. The third-order valence-corrected chi connectivity index (χ3v) is 3.61. The molecule has 0 saturated heterocycles. The Morgan fingerprint density at radius 1 is 0.857 bits per heavy atom. The molecule has 2 aromatic rings. The van der Waals surface area contributed by atoms with E-state index < -0.39 is 6.10 Å². The average molecular weight is 284 g/mol. The van der Waals surface area contributed by atoms with E-state index in [-0.39, 0.29) is 6.04 Å². The molecule has 112 valence electrons. The van der Waals surface area contributed by atoms with Gasteiger partial charge in [-0.1, -0.05) is 60.7 Å². The van der Waals surface area contributed by atoms with E-state index in [1.165, 1.54) is 0 Å². The molecule has 21 heavy (non-hydrogen) atoms. The highest BCUT2D eigenvalue weighted by atomic mass is 16.3. The monoisotopic (exact) mass is 284 g/mol. The van der Waals surface area contributed by atoms with Crippen LogP contribution in [0.5, 0.6) is 0 Å². The number of aliphatic hydroxyl groups excluding tert-OH is 1. The van der Waals surface area contributed by atoms with Crippen LogP contribution in [0.1, 0.15) is 36.1 Å². The van der Waals surface area contributed by atoms with Gasteiger partial charge in [-0.2, -0.15) is 0 Å². The first-order valence-corrected chi connectivity index (χ1v) is 7.54. The topological polar surface area (TPSA) is 58.3 Å². The van der Waals surface area contributed by atoms with Crippen molar-refractivity contribution in [1.29, 1.82) is 0 Å². The van der Waals surface area contributed by atoms with Crippen molar-refractivity contribution in [2.45, 2.75) is 25.0 Å². The van der Waals surface area contributed by atoms with Crippen molar-refractivity contribution in [3.05, 3.63) is 71.8 Å². The standard InChI is InChI=1S/C18H24N2O/c19-13-7-8-14-20-17(15-9-3-1-4-10-15)18(21)16-11-5-2-6-12-16/h1-6,9-12,17-18,20-21H,7-8,13-14,19H2/t17-,18-/m1/s1. The Bertz CT molecular complexity index is 501. The zero-order chi connectivity index (χ0) is 14.9. The van der Waals surface area contributed by atoms with Crippen LogP contribution < -0.4 is 11.1 Å². The third-order valence-electron chi connectivity index (χ3n) is 3.61. The predicted octanol–water partition coefficient (Wildman–Crippen LogP) is 2.79. The molecule has 0 unspecified atom stereocenters. The van der Waals surface area contributed by atoms with Crippen molar-refractivity contribution >= 4 is 0 Å². The van der Waals surface area contributed by atoms with E-state index in [0.717, 1.165) is 30.5 Å². The summed E-state index contributed by atoms with van der Waals surface area (Å²) >= 11 is 0. The highest BCUT2D eigenvalue weighted by molar-refractivity contribution is 5.26. The van der Waals surface area contributed by atoms with Gasteiger partial charge in [0.1, 0.15) is 0 Å². The molecule has 0 fully saturated rings. The SMILES string of the molecule is NCCCCN[C@H](c1ccccc1)[C@H](O)c1ccccc1. The number of benzene rings is 2. The lowest BCUT2D eigenvalue weighted by Gasteiger charge is -2.25. The quantitative estimate of drug-likeness (QED) is 0.653. The Morgan fingerprint density at radius 2 is 1.43 bits per heavy atom. The maximum Gasteiger partial charge on any atom is 0.0984 e. The largest absolute Gasteiger partial charge is 0.386 e. The zero-order valence-electron chi connectivity index (χ0n) is 12.3. The van der Waals surface area contributed by atoms with E-state index in [4.69, 9.17) is 5.73 Å². The van der Waals surface area contributed by atoms with E-state index >= 15 is 0 Å². The molecule has 2 atom stereocenters. The van der Waals surface area contributed by atoms with E-state index in [0.29, 0.717) is 6.54 Å². The Hall–Kier alpha value is -1.68. The van der Waals surface area contributed by atoms with Crippen LogP contribution in [-0.2, 0) is 0 Å². The summed E-state index contributed by atoms with van der Waals surface area (Å²) in [6, 6.07) is 19.8.